The molecule has 3 N–H and O–H groups in total. The number of hydrogen-bond acceptors (Lipinski definition) is 7. The summed E-state index contributed by atoms with van der Waals surface area (Å²) >= 11 is 0. The first-order valence-corrected chi connectivity index (χ1v) is 16.5. The number of allylic oxidation sites excluding steroid dienone is 1. The molecule has 3 unspecified atom stereocenters. The summed E-state index contributed by atoms with van der Waals surface area (Å²) in [6.07, 6.45) is 1.34. The number of rotatable bonds is 3. The van der Waals surface area contributed by atoms with Gasteiger partial charge in [-0.2, -0.15) is 0 Å². The van der Waals surface area contributed by atoms with Crippen molar-refractivity contribution in [3.05, 3.63) is 81.4 Å². The molecule has 0 saturated carbocycles. The molecule has 3 atom stereocenters. The van der Waals surface area contributed by atoms with Gasteiger partial charge in [0, 0.05) is 72.8 Å². The fourth-order valence-corrected chi connectivity index (χ4v) is 8.72. The summed E-state index contributed by atoms with van der Waals surface area (Å²) in [6, 6.07) is 8.40. The van der Waals surface area contributed by atoms with Gasteiger partial charge in [-0.3, -0.25) is 39.0 Å². The van der Waals surface area contributed by atoms with Gasteiger partial charge in [-0.25, -0.2) is 4.39 Å². The van der Waals surface area contributed by atoms with Crippen LogP contribution in [0.3, 0.4) is 0 Å². The Kier molecular flexibility index (Phi) is 6.30. The Morgan fingerprint density at radius 3 is 2.35 bits per heavy atom. The number of piperidine rings is 1. The van der Waals surface area contributed by atoms with Gasteiger partial charge in [0.05, 0.1) is 22.3 Å². The number of aromatic nitrogens is 1. The summed E-state index contributed by atoms with van der Waals surface area (Å²) in [5, 5.41) is 5.05. The fourth-order valence-electron chi connectivity index (χ4n) is 8.72. The molecule has 5 aliphatic heterocycles. The first-order valence-electron chi connectivity index (χ1n) is 16.5. The van der Waals surface area contributed by atoms with Crippen LogP contribution in [0.1, 0.15) is 72.9 Å². The van der Waals surface area contributed by atoms with Crippen LogP contribution >= 0.6 is 0 Å². The lowest BCUT2D eigenvalue weighted by molar-refractivity contribution is -0.136. The third-order valence-corrected chi connectivity index (χ3v) is 11.0. The zero-order valence-corrected chi connectivity index (χ0v) is 26.5. The fraction of sp³-hybridized carbons (Fsp3) is 0.333. The number of imide groups is 2. The van der Waals surface area contributed by atoms with Gasteiger partial charge in [-0.1, -0.05) is 0 Å². The summed E-state index contributed by atoms with van der Waals surface area (Å²) in [6.45, 7) is 4.38. The monoisotopic (exact) mass is 662 g/mol. The number of carbonyl (C=O) groups excluding carboxylic acids is 6. The second-order valence-corrected chi connectivity index (χ2v) is 13.8. The third kappa shape index (κ3) is 4.33. The van der Waals surface area contributed by atoms with Crippen LogP contribution in [0.15, 0.2) is 36.4 Å². The molecule has 9 rings (SSSR count). The summed E-state index contributed by atoms with van der Waals surface area (Å²) in [5.41, 5.74) is 6.70. The maximum atomic E-state index is 14.1. The van der Waals surface area contributed by atoms with E-state index in [4.69, 9.17) is 0 Å². The number of nitrogens with one attached hydrogen (secondary N) is 3. The van der Waals surface area contributed by atoms with Crippen LogP contribution in [0.4, 0.5) is 15.8 Å². The standard InChI is InChI=1S/C36H31FN6O6/c1-16-29(22-5-6-23(31(22)38-16)30-25-10-19(37)2-7-26(25)39-33(30)46)36(49)42-14-17-12-41(13-18(17)15-42)20-3-4-21-24(11-20)35(48)43(34(21)47)27-8-9-28(44)40-32(27)45/h2-4,7,10-11,17-18,27,38H,5-6,8-9,12-15H2,1H3,(H,39,46)(H,40,44,45)/b30-23-. The molecule has 6 heterocycles. The second kappa shape index (κ2) is 10.5. The van der Waals surface area contributed by atoms with E-state index in [1.54, 1.807) is 18.2 Å². The summed E-state index contributed by atoms with van der Waals surface area (Å²) in [4.78, 5) is 85.9. The largest absolute Gasteiger partial charge is 0.371 e. The topological polar surface area (TPSA) is 152 Å². The van der Waals surface area contributed by atoms with Crippen LogP contribution in [-0.4, -0.2) is 82.4 Å². The predicted octanol–water partition coefficient (Wildman–Crippen LogP) is 2.88. The number of likely N-dealkylation sites (tertiary alicyclic amines) is 1. The number of benzene rings is 2. The molecule has 6 amide bonds. The Morgan fingerprint density at radius 1 is 0.837 bits per heavy atom. The highest BCUT2D eigenvalue weighted by Gasteiger charge is 2.47. The van der Waals surface area contributed by atoms with Crippen molar-refractivity contribution >= 4 is 58.0 Å². The summed E-state index contributed by atoms with van der Waals surface area (Å²) in [7, 11) is 0. The zero-order valence-electron chi connectivity index (χ0n) is 26.5. The summed E-state index contributed by atoms with van der Waals surface area (Å²) < 4.78 is 14.1. The Morgan fingerprint density at radius 2 is 1.59 bits per heavy atom. The van der Waals surface area contributed by atoms with Crippen molar-refractivity contribution in [2.45, 2.75) is 38.6 Å². The smallest absolute Gasteiger partial charge is 0.262 e. The van der Waals surface area contributed by atoms with Gasteiger partial charge in [-0.05, 0) is 73.7 Å². The molecule has 3 fully saturated rings. The molecule has 12 nitrogen and oxygen atoms in total. The third-order valence-electron chi connectivity index (χ3n) is 11.0. The molecule has 3 saturated heterocycles. The van der Waals surface area contributed by atoms with Gasteiger partial charge >= 0.3 is 0 Å². The maximum absolute atomic E-state index is 14.1. The molecule has 13 heteroatoms. The minimum atomic E-state index is -1.01. The quantitative estimate of drug-likeness (QED) is 0.288. The Hall–Kier alpha value is -5.59. The van der Waals surface area contributed by atoms with Crippen LogP contribution in [0.2, 0.25) is 0 Å². The number of amides is 6. The zero-order chi connectivity index (χ0) is 33.9. The minimum Gasteiger partial charge on any atom is -0.371 e. The van der Waals surface area contributed by atoms with Gasteiger partial charge in [0.1, 0.15) is 11.9 Å². The van der Waals surface area contributed by atoms with E-state index in [1.807, 2.05) is 17.9 Å². The molecular weight excluding hydrogens is 631 g/mol. The lowest BCUT2D eigenvalue weighted by atomic mass is 9.99. The number of carbonyl (C=O) groups is 6. The molecule has 2 aromatic carbocycles. The molecule has 0 radical (unpaired) electrons. The molecule has 3 aromatic rings. The molecule has 248 valence electrons. The van der Waals surface area contributed by atoms with Gasteiger partial charge in [0.2, 0.25) is 11.8 Å². The molecule has 49 heavy (non-hydrogen) atoms. The van der Waals surface area contributed by atoms with E-state index < -0.39 is 35.5 Å². The van der Waals surface area contributed by atoms with Crippen LogP contribution < -0.4 is 15.5 Å². The van der Waals surface area contributed by atoms with Gasteiger partial charge in [0.15, 0.2) is 0 Å². The van der Waals surface area contributed by atoms with E-state index in [1.165, 1.54) is 12.1 Å². The van der Waals surface area contributed by atoms with E-state index in [-0.39, 0.29) is 47.6 Å². The van der Waals surface area contributed by atoms with Crippen molar-refractivity contribution in [1.29, 1.82) is 0 Å². The minimum absolute atomic E-state index is 0.0419. The van der Waals surface area contributed by atoms with Crippen LogP contribution in [0, 0.1) is 24.6 Å². The molecule has 0 spiro atoms. The molecule has 1 aromatic heterocycles. The van der Waals surface area contributed by atoms with Crippen molar-refractivity contribution in [3.63, 3.8) is 0 Å². The lowest BCUT2D eigenvalue weighted by Crippen LogP contribution is -2.54. The average molecular weight is 663 g/mol. The van der Waals surface area contributed by atoms with Crippen LogP contribution in [0.25, 0.3) is 11.1 Å². The van der Waals surface area contributed by atoms with Crippen molar-refractivity contribution < 1.29 is 33.2 Å². The van der Waals surface area contributed by atoms with Gasteiger partial charge in [0.25, 0.3) is 23.6 Å². The molecular formula is C36H31FN6O6. The number of aryl methyl sites for hydroxylation is 1. The number of H-pyrrole nitrogens is 1. The number of anilines is 2. The van der Waals surface area contributed by atoms with Gasteiger partial charge < -0.3 is 20.1 Å². The van der Waals surface area contributed by atoms with E-state index in [2.05, 4.69) is 20.5 Å². The SMILES string of the molecule is Cc1[nH]c2c(c1C(=O)N1CC3CN(c4ccc5c(c4)C(=O)N(C4CCC(=O)NC4=O)C5=O)CC3C1)CC/C2=C1/C(=O)Nc2ccc(F)cc21. The molecule has 1 aliphatic carbocycles. The van der Waals surface area contributed by atoms with Crippen molar-refractivity contribution in [2.24, 2.45) is 11.8 Å². The average Bonchev–Trinajstić information content (AvgIpc) is 3.89. The van der Waals surface area contributed by atoms with Crippen molar-refractivity contribution in [2.75, 3.05) is 36.4 Å². The van der Waals surface area contributed by atoms with Crippen LogP contribution in [0.5, 0.6) is 0 Å². The van der Waals surface area contributed by atoms with E-state index in [0.29, 0.717) is 61.4 Å². The Labute approximate surface area is 279 Å². The number of nitrogens with zero attached hydrogens (tertiary/aromatic N) is 3. The van der Waals surface area contributed by atoms with E-state index >= 15 is 0 Å². The number of aromatic amines is 1. The highest BCUT2D eigenvalue weighted by atomic mass is 19.1. The first-order chi connectivity index (χ1) is 23.6. The lowest BCUT2D eigenvalue weighted by Gasteiger charge is -2.27. The highest BCUT2D eigenvalue weighted by Crippen LogP contribution is 2.45. The number of fused-ring (bicyclic) bond motifs is 4. The first kappa shape index (κ1) is 29.5. The van der Waals surface area contributed by atoms with Crippen molar-refractivity contribution in [1.82, 2.24) is 20.1 Å². The Balaban J connectivity index is 0.910. The van der Waals surface area contributed by atoms with Gasteiger partial charge in [-0.15, -0.1) is 0 Å². The van der Waals surface area contributed by atoms with E-state index in [0.717, 1.165) is 33.1 Å². The number of hydrogen-bond donors (Lipinski definition) is 3. The predicted molar refractivity (Wildman–Crippen MR) is 174 cm³/mol. The number of halogens is 1. The highest BCUT2D eigenvalue weighted by molar-refractivity contribution is 6.37. The van der Waals surface area contributed by atoms with Crippen molar-refractivity contribution in [3.8, 4) is 0 Å². The summed E-state index contributed by atoms with van der Waals surface area (Å²) in [5.74, 6) is -2.43. The molecule has 6 aliphatic rings. The van der Waals surface area contributed by atoms with Crippen LogP contribution in [-0.2, 0) is 20.8 Å². The normalized spacial score (nSPS) is 25.6. The van der Waals surface area contributed by atoms with E-state index in [9.17, 15) is 33.2 Å². The maximum Gasteiger partial charge on any atom is 0.262 e. The molecule has 0 bridgehead atoms. The second-order valence-electron chi connectivity index (χ2n) is 13.8. The Bertz CT molecular complexity index is 2120.